The molecule has 6 rings (SSSR count). The van der Waals surface area contributed by atoms with Crippen molar-refractivity contribution in [2.24, 2.45) is 29.6 Å². The second-order valence-electron chi connectivity index (χ2n) is 12.8. The largest absolute Gasteiger partial charge is 0.420 e. The van der Waals surface area contributed by atoms with Crippen LogP contribution in [0.3, 0.4) is 0 Å². The summed E-state index contributed by atoms with van der Waals surface area (Å²) in [7, 11) is 0. The van der Waals surface area contributed by atoms with Gasteiger partial charge in [0.1, 0.15) is 34.6 Å². The van der Waals surface area contributed by atoms with E-state index in [1.807, 2.05) is 0 Å². The molecule has 0 aromatic carbocycles. The third-order valence-electron chi connectivity index (χ3n) is 10.3. The van der Waals surface area contributed by atoms with E-state index in [4.69, 9.17) is 21.1 Å². The normalized spacial score (nSPS) is 40.4. The molecule has 0 spiro atoms. The van der Waals surface area contributed by atoms with Gasteiger partial charge in [-0.1, -0.05) is 43.7 Å². The fourth-order valence-corrected chi connectivity index (χ4v) is 8.11. The summed E-state index contributed by atoms with van der Waals surface area (Å²) in [6, 6.07) is -0.962. The Kier molecular flexibility index (Phi) is 7.81. The molecule has 39 heavy (non-hydrogen) atoms. The van der Waals surface area contributed by atoms with Crippen molar-refractivity contribution >= 4 is 17.5 Å². The predicted octanol–water partition coefficient (Wildman–Crippen LogP) is 5.58. The maximum Gasteiger partial charge on any atom is 0.420 e. The number of anilines is 1. The second kappa shape index (κ2) is 10.9. The number of nitrogens with one attached hydrogen (secondary N) is 1. The van der Waals surface area contributed by atoms with E-state index in [9.17, 15) is 23.4 Å². The average molecular weight is 574 g/mol. The third-order valence-corrected chi connectivity index (χ3v) is 10.6. The molecule has 3 saturated carbocycles. The topological polar surface area (TPSA) is 96.7 Å². The Hall–Kier alpha value is -1.20. The molecule has 0 radical (unpaired) electrons. The van der Waals surface area contributed by atoms with E-state index < -0.39 is 47.0 Å². The highest BCUT2D eigenvalue weighted by molar-refractivity contribution is 6.30. The van der Waals surface area contributed by atoms with E-state index in [1.54, 1.807) is 0 Å². The number of ether oxygens (including phenoxy) is 2. The Balaban J connectivity index is 0.997. The highest BCUT2D eigenvalue weighted by Gasteiger charge is 2.60. The molecule has 5 aliphatic rings. The van der Waals surface area contributed by atoms with Gasteiger partial charge in [0.15, 0.2) is 6.29 Å². The van der Waals surface area contributed by atoms with Crippen LogP contribution < -0.4 is 5.32 Å². The zero-order valence-electron chi connectivity index (χ0n) is 22.1. The van der Waals surface area contributed by atoms with Crippen LogP contribution in [0.2, 0.25) is 5.15 Å². The van der Waals surface area contributed by atoms with Gasteiger partial charge in [-0.25, -0.2) is 9.97 Å². The van der Waals surface area contributed by atoms with Crippen molar-refractivity contribution in [3.8, 4) is 0 Å². The van der Waals surface area contributed by atoms with Crippen molar-refractivity contribution < 1.29 is 32.9 Å². The number of nitrogens with zero attached hydrogens (tertiary/aromatic N) is 2. The van der Waals surface area contributed by atoms with Crippen LogP contribution in [0.15, 0.2) is 6.20 Å². The summed E-state index contributed by atoms with van der Waals surface area (Å²) in [6.45, 7) is 0.150. The third kappa shape index (κ3) is 5.65. The van der Waals surface area contributed by atoms with Gasteiger partial charge in [-0.15, -0.1) is 0 Å². The minimum atomic E-state index is -4.68. The molecule has 0 amide bonds. The molecule has 2 bridgehead atoms. The molecule has 7 atom stereocenters. The summed E-state index contributed by atoms with van der Waals surface area (Å²) in [5.74, 6) is 3.61. The number of hydrogen-bond donors (Lipinski definition) is 3. The first-order chi connectivity index (χ1) is 18.6. The SMILES string of the molecule is O[C@@H]1[C@@H](Nc2ncc(C(F)(F)F)c(Cl)n2)[C@H]2OC[C@](CC3CCC3CCC3CC(CC4CCCC4)C3)(O2)[C@@H]1O. The summed E-state index contributed by atoms with van der Waals surface area (Å²) in [5.41, 5.74) is -2.14. The molecule has 2 unspecified atom stereocenters. The van der Waals surface area contributed by atoms with Gasteiger partial charge in [0.05, 0.1) is 6.61 Å². The maximum absolute atomic E-state index is 13.0. The highest BCUT2D eigenvalue weighted by atomic mass is 35.5. The van der Waals surface area contributed by atoms with Gasteiger partial charge in [-0.05, 0) is 74.5 Å². The van der Waals surface area contributed by atoms with Gasteiger partial charge < -0.3 is 25.0 Å². The van der Waals surface area contributed by atoms with Crippen LogP contribution in [0.5, 0.6) is 0 Å². The molecule has 2 saturated heterocycles. The Morgan fingerprint density at radius 3 is 2.44 bits per heavy atom. The molecule has 5 fully saturated rings. The van der Waals surface area contributed by atoms with Gasteiger partial charge in [0.25, 0.3) is 0 Å². The van der Waals surface area contributed by atoms with Crippen molar-refractivity contribution in [2.45, 2.75) is 113 Å². The van der Waals surface area contributed by atoms with Gasteiger partial charge in [-0.3, -0.25) is 0 Å². The molecule has 11 heteroatoms. The molecule has 1 aromatic rings. The van der Waals surface area contributed by atoms with E-state index >= 15 is 0 Å². The van der Waals surface area contributed by atoms with Gasteiger partial charge in [-0.2, -0.15) is 13.2 Å². The average Bonchev–Trinajstić information content (AvgIpc) is 3.51. The number of aliphatic hydroxyl groups is 2. The van der Waals surface area contributed by atoms with Crippen LogP contribution in [-0.2, 0) is 15.7 Å². The Bertz CT molecular complexity index is 1020. The molecule has 3 N–H and O–H groups in total. The number of hydrogen-bond acceptors (Lipinski definition) is 7. The molecule has 218 valence electrons. The van der Waals surface area contributed by atoms with Crippen LogP contribution >= 0.6 is 11.6 Å². The zero-order valence-corrected chi connectivity index (χ0v) is 22.8. The van der Waals surface area contributed by atoms with Crippen molar-refractivity contribution in [3.05, 3.63) is 16.9 Å². The molecule has 3 heterocycles. The predicted molar refractivity (Wildman–Crippen MR) is 138 cm³/mol. The summed E-state index contributed by atoms with van der Waals surface area (Å²) < 4.78 is 51.0. The van der Waals surface area contributed by atoms with Gasteiger partial charge in [0.2, 0.25) is 5.95 Å². The number of aromatic nitrogens is 2. The second-order valence-corrected chi connectivity index (χ2v) is 13.2. The van der Waals surface area contributed by atoms with E-state index in [0.717, 1.165) is 24.2 Å². The number of fused-ring (bicyclic) bond motifs is 2. The Morgan fingerprint density at radius 2 is 1.77 bits per heavy atom. The maximum atomic E-state index is 13.0. The lowest BCUT2D eigenvalue weighted by molar-refractivity contribution is -0.223. The Labute approximate surface area is 232 Å². The van der Waals surface area contributed by atoms with E-state index in [-0.39, 0.29) is 12.6 Å². The quantitative estimate of drug-likeness (QED) is 0.332. The van der Waals surface area contributed by atoms with Gasteiger partial charge >= 0.3 is 6.18 Å². The minimum absolute atomic E-state index is 0.150. The number of rotatable bonds is 9. The number of aliphatic hydroxyl groups excluding tert-OH is 2. The standard InChI is InChI=1S/C28H39ClF3N3O4/c29-24-20(28(30,31)32)13-33-26(35-24)34-21-22(36)23(37)27(14-38-25(21)39-27)12-19-8-7-18(19)6-5-16-10-17(11-16)9-15-3-1-2-4-15/h13,15-19,21-23,25,36-37H,1-12,14H2,(H,33,34,35)/t16?,17?,18?,19?,21-,22-,23-,25+,27+/m1/s1. The monoisotopic (exact) mass is 573 g/mol. The first-order valence-corrected chi connectivity index (χ1v) is 15.0. The first-order valence-electron chi connectivity index (χ1n) is 14.6. The van der Waals surface area contributed by atoms with Crippen LogP contribution in [0, 0.1) is 29.6 Å². The van der Waals surface area contributed by atoms with E-state index in [1.165, 1.54) is 64.2 Å². The smallest absolute Gasteiger partial charge is 0.388 e. The molecule has 3 aliphatic carbocycles. The lowest BCUT2D eigenvalue weighted by Crippen LogP contribution is -2.63. The lowest BCUT2D eigenvalue weighted by atomic mass is 9.63. The van der Waals surface area contributed by atoms with Gasteiger partial charge in [0, 0.05) is 6.20 Å². The van der Waals surface area contributed by atoms with Crippen molar-refractivity contribution in [1.82, 2.24) is 9.97 Å². The van der Waals surface area contributed by atoms with E-state index in [2.05, 4.69) is 15.3 Å². The zero-order chi connectivity index (χ0) is 27.4. The first kappa shape index (κ1) is 27.9. The molecule has 1 aromatic heterocycles. The van der Waals surface area contributed by atoms with Crippen molar-refractivity contribution in [1.29, 1.82) is 0 Å². The fraction of sp³-hybridized carbons (Fsp3) is 0.857. The number of halogens is 4. The Morgan fingerprint density at radius 1 is 1.03 bits per heavy atom. The van der Waals surface area contributed by atoms with Crippen LogP contribution in [0.4, 0.5) is 19.1 Å². The summed E-state index contributed by atoms with van der Waals surface area (Å²) in [6.07, 6.45) is 7.85. The molecule has 2 aliphatic heterocycles. The van der Waals surface area contributed by atoms with Crippen LogP contribution in [-0.4, -0.2) is 56.9 Å². The van der Waals surface area contributed by atoms with E-state index in [0.29, 0.717) is 24.5 Å². The highest BCUT2D eigenvalue weighted by Crippen LogP contribution is 2.50. The minimum Gasteiger partial charge on any atom is -0.388 e. The lowest BCUT2D eigenvalue weighted by Gasteiger charge is -2.48. The van der Waals surface area contributed by atoms with Crippen LogP contribution in [0.25, 0.3) is 0 Å². The summed E-state index contributed by atoms with van der Waals surface area (Å²) in [4.78, 5) is 7.35. The summed E-state index contributed by atoms with van der Waals surface area (Å²) >= 11 is 5.70. The van der Waals surface area contributed by atoms with Crippen LogP contribution in [0.1, 0.15) is 82.6 Å². The summed E-state index contributed by atoms with van der Waals surface area (Å²) in [5, 5.41) is 24.1. The fourth-order valence-electron chi connectivity index (χ4n) is 7.87. The van der Waals surface area contributed by atoms with Crippen molar-refractivity contribution in [2.75, 3.05) is 11.9 Å². The molecular formula is C28H39ClF3N3O4. The molecule has 7 nitrogen and oxygen atoms in total. The van der Waals surface area contributed by atoms with Crippen molar-refractivity contribution in [3.63, 3.8) is 0 Å². The number of alkyl halides is 3. The molecular weight excluding hydrogens is 535 g/mol.